The zero-order chi connectivity index (χ0) is 21.8. The first kappa shape index (κ1) is 22.0. The van der Waals surface area contributed by atoms with Crippen LogP contribution in [0.5, 0.6) is 0 Å². The molecule has 2 aromatic rings. The number of hydrogen-bond donors (Lipinski definition) is 2. The Labute approximate surface area is 189 Å². The lowest BCUT2D eigenvalue weighted by molar-refractivity contribution is -0.137. The standard InChI is InChI=1S/C25H31ClN2O3/c1-2-28(21-11-13-31-14-12-21)24-10-5-18(22(16-25(29)30)17-3-4-17)15-23(24)27-20-8-6-19(26)7-9-20/h5-10,15,17,21-22,27H,2-4,11-14,16H2,1H3,(H,29,30). The van der Waals surface area contributed by atoms with Crippen molar-refractivity contribution in [1.82, 2.24) is 0 Å². The first-order valence-corrected chi connectivity index (χ1v) is 11.7. The molecule has 0 spiro atoms. The van der Waals surface area contributed by atoms with Crippen molar-refractivity contribution in [2.75, 3.05) is 30.0 Å². The molecule has 2 fully saturated rings. The topological polar surface area (TPSA) is 61.8 Å². The second-order valence-electron chi connectivity index (χ2n) is 8.58. The molecular formula is C25H31ClN2O3. The highest BCUT2D eigenvalue weighted by Crippen LogP contribution is 2.46. The van der Waals surface area contributed by atoms with Crippen LogP contribution >= 0.6 is 11.6 Å². The third kappa shape index (κ3) is 5.52. The zero-order valence-corrected chi connectivity index (χ0v) is 18.8. The molecule has 2 aromatic carbocycles. The van der Waals surface area contributed by atoms with Gasteiger partial charge in [-0.15, -0.1) is 0 Å². The number of rotatable bonds is 9. The number of halogens is 1. The van der Waals surface area contributed by atoms with Gasteiger partial charge in [0.25, 0.3) is 0 Å². The van der Waals surface area contributed by atoms with Crippen LogP contribution in [0.15, 0.2) is 42.5 Å². The van der Waals surface area contributed by atoms with Gasteiger partial charge in [0.1, 0.15) is 0 Å². The summed E-state index contributed by atoms with van der Waals surface area (Å²) in [5.74, 6) is -0.191. The fourth-order valence-electron chi connectivity index (χ4n) is 4.69. The summed E-state index contributed by atoms with van der Waals surface area (Å²) in [5.41, 5.74) is 4.24. The Balaban J connectivity index is 1.70. The summed E-state index contributed by atoms with van der Waals surface area (Å²) >= 11 is 6.07. The van der Waals surface area contributed by atoms with Crippen LogP contribution in [0, 0.1) is 5.92 Å². The molecule has 0 radical (unpaired) electrons. The van der Waals surface area contributed by atoms with E-state index in [9.17, 15) is 9.90 Å². The SMILES string of the molecule is CCN(c1ccc(C(CC(=O)O)C2CC2)cc1Nc1ccc(Cl)cc1)C1CCOCC1. The Morgan fingerprint density at radius 3 is 2.48 bits per heavy atom. The molecule has 31 heavy (non-hydrogen) atoms. The van der Waals surface area contributed by atoms with Crippen molar-refractivity contribution in [3.05, 3.63) is 53.1 Å². The number of ether oxygens (including phenoxy) is 1. The van der Waals surface area contributed by atoms with E-state index in [0.717, 1.165) is 68.1 Å². The molecule has 2 N–H and O–H groups in total. The van der Waals surface area contributed by atoms with Gasteiger partial charge in [-0.05, 0) is 86.4 Å². The van der Waals surface area contributed by atoms with E-state index in [4.69, 9.17) is 16.3 Å². The van der Waals surface area contributed by atoms with Crippen LogP contribution in [-0.2, 0) is 9.53 Å². The Morgan fingerprint density at radius 2 is 1.87 bits per heavy atom. The molecule has 2 aliphatic rings. The van der Waals surface area contributed by atoms with E-state index in [2.05, 4.69) is 35.3 Å². The van der Waals surface area contributed by atoms with Crippen molar-refractivity contribution >= 4 is 34.6 Å². The molecule has 0 bridgehead atoms. The van der Waals surface area contributed by atoms with Crippen LogP contribution in [0.25, 0.3) is 0 Å². The molecule has 1 aliphatic heterocycles. The van der Waals surface area contributed by atoms with Crippen LogP contribution < -0.4 is 10.2 Å². The lowest BCUT2D eigenvalue weighted by Gasteiger charge is -2.37. The van der Waals surface area contributed by atoms with Crippen LogP contribution in [0.1, 0.15) is 50.5 Å². The summed E-state index contributed by atoms with van der Waals surface area (Å²) in [6.07, 6.45) is 4.44. The van der Waals surface area contributed by atoms with Gasteiger partial charge in [0.2, 0.25) is 0 Å². The van der Waals surface area contributed by atoms with Gasteiger partial charge in [0.15, 0.2) is 0 Å². The number of hydrogen-bond acceptors (Lipinski definition) is 4. The molecule has 5 nitrogen and oxygen atoms in total. The van der Waals surface area contributed by atoms with E-state index in [1.807, 2.05) is 24.3 Å². The molecule has 4 rings (SSSR count). The number of carboxylic acid groups (broad SMARTS) is 1. The Bertz CT molecular complexity index is 892. The van der Waals surface area contributed by atoms with Gasteiger partial charge in [0.05, 0.1) is 17.8 Å². The van der Waals surface area contributed by atoms with E-state index < -0.39 is 5.97 Å². The molecule has 1 aliphatic carbocycles. The Kier molecular flexibility index (Phi) is 7.03. The van der Waals surface area contributed by atoms with Crippen molar-refractivity contribution in [1.29, 1.82) is 0 Å². The molecule has 1 saturated heterocycles. The number of carbonyl (C=O) groups is 1. The highest BCUT2D eigenvalue weighted by molar-refractivity contribution is 6.30. The first-order chi connectivity index (χ1) is 15.0. The minimum absolute atomic E-state index is 0.0653. The maximum Gasteiger partial charge on any atom is 0.303 e. The van der Waals surface area contributed by atoms with Gasteiger partial charge in [-0.3, -0.25) is 4.79 Å². The summed E-state index contributed by atoms with van der Waals surface area (Å²) in [6.45, 7) is 4.68. The lowest BCUT2D eigenvalue weighted by Crippen LogP contribution is -2.39. The monoisotopic (exact) mass is 442 g/mol. The van der Waals surface area contributed by atoms with Crippen LogP contribution in [0.2, 0.25) is 5.02 Å². The normalized spacial score (nSPS) is 17.9. The van der Waals surface area contributed by atoms with E-state index in [0.29, 0.717) is 17.0 Å². The number of anilines is 3. The highest BCUT2D eigenvalue weighted by atomic mass is 35.5. The molecule has 0 aromatic heterocycles. The summed E-state index contributed by atoms with van der Waals surface area (Å²) in [4.78, 5) is 14.0. The second-order valence-corrected chi connectivity index (χ2v) is 9.02. The number of carboxylic acids is 1. The molecule has 1 saturated carbocycles. The third-order valence-electron chi connectivity index (χ3n) is 6.44. The van der Waals surface area contributed by atoms with Crippen LogP contribution in [0.3, 0.4) is 0 Å². The van der Waals surface area contributed by atoms with Crippen LogP contribution in [0.4, 0.5) is 17.1 Å². The summed E-state index contributed by atoms with van der Waals surface area (Å²) in [7, 11) is 0. The second kappa shape index (κ2) is 9.92. The smallest absolute Gasteiger partial charge is 0.303 e. The lowest BCUT2D eigenvalue weighted by atomic mass is 9.90. The fraction of sp³-hybridized carbons (Fsp3) is 0.480. The van der Waals surface area contributed by atoms with E-state index in [1.165, 1.54) is 0 Å². The van der Waals surface area contributed by atoms with Gasteiger partial charge < -0.3 is 20.1 Å². The molecule has 166 valence electrons. The van der Waals surface area contributed by atoms with E-state index in [1.54, 1.807) is 0 Å². The zero-order valence-electron chi connectivity index (χ0n) is 18.0. The molecule has 0 amide bonds. The van der Waals surface area contributed by atoms with Crippen molar-refractivity contribution in [3.8, 4) is 0 Å². The third-order valence-corrected chi connectivity index (χ3v) is 6.69. The van der Waals surface area contributed by atoms with Crippen LogP contribution in [-0.4, -0.2) is 36.9 Å². The van der Waals surface area contributed by atoms with Crippen molar-refractivity contribution in [2.24, 2.45) is 5.92 Å². The number of nitrogens with one attached hydrogen (secondary N) is 1. The minimum Gasteiger partial charge on any atom is -0.481 e. The first-order valence-electron chi connectivity index (χ1n) is 11.3. The van der Waals surface area contributed by atoms with Gasteiger partial charge in [-0.1, -0.05) is 17.7 Å². The van der Waals surface area contributed by atoms with E-state index in [-0.39, 0.29) is 12.3 Å². The quantitative estimate of drug-likeness (QED) is 0.494. The van der Waals surface area contributed by atoms with Gasteiger partial charge in [-0.2, -0.15) is 0 Å². The van der Waals surface area contributed by atoms with Gasteiger partial charge >= 0.3 is 5.97 Å². The number of nitrogens with zero attached hydrogens (tertiary/aromatic N) is 1. The largest absolute Gasteiger partial charge is 0.481 e. The molecule has 6 heteroatoms. The van der Waals surface area contributed by atoms with Gasteiger partial charge in [-0.25, -0.2) is 0 Å². The average Bonchev–Trinajstić information content (AvgIpc) is 3.61. The minimum atomic E-state index is -0.731. The van der Waals surface area contributed by atoms with E-state index >= 15 is 0 Å². The molecule has 1 atom stereocenters. The maximum atomic E-state index is 11.5. The maximum absolute atomic E-state index is 11.5. The average molecular weight is 443 g/mol. The summed E-state index contributed by atoms with van der Waals surface area (Å²) in [6, 6.07) is 14.6. The number of benzene rings is 2. The number of aliphatic carboxylic acids is 1. The highest BCUT2D eigenvalue weighted by Gasteiger charge is 2.34. The molecular weight excluding hydrogens is 412 g/mol. The Hall–Kier alpha value is -2.24. The summed E-state index contributed by atoms with van der Waals surface area (Å²) < 4.78 is 5.58. The van der Waals surface area contributed by atoms with Crippen molar-refractivity contribution in [2.45, 2.75) is 51.0 Å². The molecule has 1 heterocycles. The predicted octanol–water partition coefficient (Wildman–Crippen LogP) is 6.06. The van der Waals surface area contributed by atoms with Gasteiger partial charge in [0, 0.05) is 36.5 Å². The predicted molar refractivity (Wildman–Crippen MR) is 126 cm³/mol. The molecule has 1 unspecified atom stereocenters. The Morgan fingerprint density at radius 1 is 1.16 bits per heavy atom. The summed E-state index contributed by atoms with van der Waals surface area (Å²) in [5, 5.41) is 13.7. The fourth-order valence-corrected chi connectivity index (χ4v) is 4.82. The van der Waals surface area contributed by atoms with Crippen molar-refractivity contribution in [3.63, 3.8) is 0 Å². The van der Waals surface area contributed by atoms with Crippen molar-refractivity contribution < 1.29 is 14.6 Å².